The summed E-state index contributed by atoms with van der Waals surface area (Å²) >= 11 is 0. The number of nitrogens with one attached hydrogen (secondary N) is 1. The summed E-state index contributed by atoms with van der Waals surface area (Å²) in [4.78, 5) is 4.27. The lowest BCUT2D eigenvalue weighted by Gasteiger charge is -1.94. The average Bonchev–Trinajstić information content (AvgIpc) is 2.93. The van der Waals surface area contributed by atoms with E-state index >= 15 is 0 Å². The SMILES string of the molecule is Cc1nc2ccc(-c3cc(CCN)[nH]n3)cc2o1. The Balaban J connectivity index is 2.01. The zero-order valence-electron chi connectivity index (χ0n) is 10.1. The van der Waals surface area contributed by atoms with E-state index in [1.165, 1.54) is 0 Å². The third kappa shape index (κ3) is 1.89. The van der Waals surface area contributed by atoms with Crippen LogP contribution in [-0.2, 0) is 6.42 Å². The highest BCUT2D eigenvalue weighted by atomic mass is 16.3. The molecule has 0 spiro atoms. The second-order valence-corrected chi connectivity index (χ2v) is 4.23. The molecule has 0 saturated carbocycles. The summed E-state index contributed by atoms with van der Waals surface area (Å²) in [5, 5.41) is 7.26. The van der Waals surface area contributed by atoms with Crippen LogP contribution < -0.4 is 5.73 Å². The van der Waals surface area contributed by atoms with Gasteiger partial charge in [0.05, 0.1) is 5.69 Å². The number of aromatic amines is 1. The van der Waals surface area contributed by atoms with Gasteiger partial charge in [-0.2, -0.15) is 5.10 Å². The molecule has 92 valence electrons. The van der Waals surface area contributed by atoms with Crippen molar-refractivity contribution in [2.45, 2.75) is 13.3 Å². The monoisotopic (exact) mass is 242 g/mol. The molecule has 1 aromatic carbocycles. The summed E-state index contributed by atoms with van der Waals surface area (Å²) < 4.78 is 5.52. The standard InChI is InChI=1S/C13H14N4O/c1-8-15-11-3-2-9(6-13(11)18-8)12-7-10(4-5-14)16-17-12/h2-3,6-7H,4-5,14H2,1H3,(H,16,17). The van der Waals surface area contributed by atoms with Gasteiger partial charge in [-0.1, -0.05) is 6.07 Å². The van der Waals surface area contributed by atoms with Crippen molar-refractivity contribution in [3.05, 3.63) is 35.9 Å². The molecule has 2 heterocycles. The fraction of sp³-hybridized carbons (Fsp3) is 0.231. The van der Waals surface area contributed by atoms with E-state index in [0.29, 0.717) is 12.4 Å². The molecule has 2 aromatic heterocycles. The number of fused-ring (bicyclic) bond motifs is 1. The highest BCUT2D eigenvalue weighted by Gasteiger charge is 2.07. The van der Waals surface area contributed by atoms with Gasteiger partial charge < -0.3 is 10.2 Å². The molecule has 3 aromatic rings. The van der Waals surface area contributed by atoms with Crippen molar-refractivity contribution in [1.29, 1.82) is 0 Å². The van der Waals surface area contributed by atoms with Gasteiger partial charge in [0.25, 0.3) is 0 Å². The number of H-pyrrole nitrogens is 1. The van der Waals surface area contributed by atoms with Gasteiger partial charge in [-0.15, -0.1) is 0 Å². The first-order valence-corrected chi connectivity index (χ1v) is 5.88. The number of nitrogens with zero attached hydrogens (tertiary/aromatic N) is 2. The van der Waals surface area contributed by atoms with Gasteiger partial charge in [-0.05, 0) is 24.7 Å². The molecule has 0 atom stereocenters. The Labute approximate surface area is 104 Å². The predicted molar refractivity (Wildman–Crippen MR) is 69.1 cm³/mol. The van der Waals surface area contributed by atoms with Crippen LogP contribution in [0.5, 0.6) is 0 Å². The molecule has 0 aliphatic heterocycles. The van der Waals surface area contributed by atoms with Crippen LogP contribution in [0.15, 0.2) is 28.7 Å². The molecule has 0 aliphatic rings. The molecule has 3 N–H and O–H groups in total. The Bertz CT molecular complexity index is 683. The van der Waals surface area contributed by atoms with E-state index in [9.17, 15) is 0 Å². The normalized spacial score (nSPS) is 11.2. The summed E-state index contributed by atoms with van der Waals surface area (Å²) in [5.41, 5.74) is 10.1. The number of nitrogens with two attached hydrogens (primary N) is 1. The van der Waals surface area contributed by atoms with E-state index < -0.39 is 0 Å². The van der Waals surface area contributed by atoms with Crippen LogP contribution in [0.2, 0.25) is 0 Å². The maximum atomic E-state index is 5.52. The van der Waals surface area contributed by atoms with E-state index in [2.05, 4.69) is 15.2 Å². The van der Waals surface area contributed by atoms with Crippen LogP contribution in [0, 0.1) is 6.92 Å². The molecule has 3 rings (SSSR count). The minimum Gasteiger partial charge on any atom is -0.441 e. The summed E-state index contributed by atoms with van der Waals surface area (Å²) in [5.74, 6) is 0.674. The largest absolute Gasteiger partial charge is 0.441 e. The van der Waals surface area contributed by atoms with E-state index in [0.717, 1.165) is 34.5 Å². The van der Waals surface area contributed by atoms with Crippen LogP contribution in [0.1, 0.15) is 11.6 Å². The second-order valence-electron chi connectivity index (χ2n) is 4.23. The molecule has 0 unspecified atom stereocenters. The molecule has 0 amide bonds. The molecule has 0 saturated heterocycles. The second kappa shape index (κ2) is 4.27. The van der Waals surface area contributed by atoms with Gasteiger partial charge in [0.15, 0.2) is 11.5 Å². The van der Waals surface area contributed by atoms with Gasteiger partial charge >= 0.3 is 0 Å². The topological polar surface area (TPSA) is 80.7 Å². The van der Waals surface area contributed by atoms with Gasteiger partial charge in [0.2, 0.25) is 0 Å². The van der Waals surface area contributed by atoms with E-state index in [4.69, 9.17) is 10.2 Å². The number of aryl methyl sites for hydroxylation is 1. The molecule has 5 nitrogen and oxygen atoms in total. The van der Waals surface area contributed by atoms with Crippen LogP contribution in [0.4, 0.5) is 0 Å². The lowest BCUT2D eigenvalue weighted by molar-refractivity contribution is 0.561. The number of aromatic nitrogens is 3. The molecule has 0 aliphatic carbocycles. The van der Waals surface area contributed by atoms with E-state index in [-0.39, 0.29) is 0 Å². The zero-order chi connectivity index (χ0) is 12.5. The Hall–Kier alpha value is -2.14. The lowest BCUT2D eigenvalue weighted by atomic mass is 10.1. The van der Waals surface area contributed by atoms with Crippen molar-refractivity contribution in [1.82, 2.24) is 15.2 Å². The summed E-state index contributed by atoms with van der Waals surface area (Å²) in [7, 11) is 0. The van der Waals surface area contributed by atoms with Crippen LogP contribution in [-0.4, -0.2) is 21.7 Å². The molecule has 0 bridgehead atoms. The number of oxazole rings is 1. The van der Waals surface area contributed by atoms with E-state index in [1.807, 2.05) is 31.2 Å². The smallest absolute Gasteiger partial charge is 0.192 e. The van der Waals surface area contributed by atoms with Crippen molar-refractivity contribution in [2.75, 3.05) is 6.54 Å². The number of hydrogen-bond acceptors (Lipinski definition) is 4. The first kappa shape index (κ1) is 11.0. The van der Waals surface area contributed by atoms with Crippen molar-refractivity contribution in [3.63, 3.8) is 0 Å². The summed E-state index contributed by atoms with van der Waals surface area (Å²) in [6.45, 7) is 2.45. The lowest BCUT2D eigenvalue weighted by Crippen LogP contribution is -2.02. The summed E-state index contributed by atoms with van der Waals surface area (Å²) in [6.07, 6.45) is 0.802. The zero-order valence-corrected chi connectivity index (χ0v) is 10.1. The highest BCUT2D eigenvalue weighted by molar-refractivity contribution is 5.79. The number of benzene rings is 1. The minimum atomic E-state index is 0.613. The molecule has 0 radical (unpaired) electrons. The predicted octanol–water partition coefficient (Wildman–Crippen LogP) is 2.03. The maximum Gasteiger partial charge on any atom is 0.192 e. The molecular formula is C13H14N4O. The van der Waals surface area contributed by atoms with E-state index in [1.54, 1.807) is 0 Å². The van der Waals surface area contributed by atoms with Gasteiger partial charge in [0.1, 0.15) is 5.52 Å². The third-order valence-electron chi connectivity index (χ3n) is 2.84. The fourth-order valence-corrected chi connectivity index (χ4v) is 1.99. The van der Waals surface area contributed by atoms with Gasteiger partial charge in [-0.3, -0.25) is 5.10 Å². The van der Waals surface area contributed by atoms with Crippen LogP contribution in [0.25, 0.3) is 22.4 Å². The first-order valence-electron chi connectivity index (χ1n) is 5.88. The van der Waals surface area contributed by atoms with Crippen LogP contribution >= 0.6 is 0 Å². The quantitative estimate of drug-likeness (QED) is 0.736. The Kier molecular flexibility index (Phi) is 2.60. The highest BCUT2D eigenvalue weighted by Crippen LogP contribution is 2.23. The summed E-state index contributed by atoms with van der Waals surface area (Å²) in [6, 6.07) is 7.90. The number of rotatable bonds is 3. The fourth-order valence-electron chi connectivity index (χ4n) is 1.99. The van der Waals surface area contributed by atoms with Gasteiger partial charge in [-0.25, -0.2) is 4.98 Å². The van der Waals surface area contributed by atoms with Gasteiger partial charge in [0, 0.05) is 24.6 Å². The van der Waals surface area contributed by atoms with Crippen molar-refractivity contribution >= 4 is 11.1 Å². The van der Waals surface area contributed by atoms with Crippen molar-refractivity contribution in [2.24, 2.45) is 5.73 Å². The molecule has 5 heteroatoms. The Morgan fingerprint density at radius 1 is 1.33 bits per heavy atom. The Morgan fingerprint density at radius 2 is 2.22 bits per heavy atom. The number of hydrogen-bond donors (Lipinski definition) is 2. The maximum absolute atomic E-state index is 5.52. The van der Waals surface area contributed by atoms with Crippen molar-refractivity contribution < 1.29 is 4.42 Å². The van der Waals surface area contributed by atoms with Crippen LogP contribution in [0.3, 0.4) is 0 Å². The third-order valence-corrected chi connectivity index (χ3v) is 2.84. The average molecular weight is 242 g/mol. The molecule has 18 heavy (non-hydrogen) atoms. The van der Waals surface area contributed by atoms with Crippen molar-refractivity contribution in [3.8, 4) is 11.3 Å². The Morgan fingerprint density at radius 3 is 3.06 bits per heavy atom. The first-order chi connectivity index (χ1) is 8.76. The minimum absolute atomic E-state index is 0.613. The molecular weight excluding hydrogens is 228 g/mol. The molecule has 0 fully saturated rings.